The van der Waals surface area contributed by atoms with Gasteiger partial charge in [-0.2, -0.15) is 0 Å². The van der Waals surface area contributed by atoms with Gasteiger partial charge in [0.1, 0.15) is 0 Å². The maximum Gasteiger partial charge on any atom is 0.335 e. The van der Waals surface area contributed by atoms with E-state index in [1.807, 2.05) is 44.2 Å². The molecule has 0 fully saturated rings. The van der Waals surface area contributed by atoms with Gasteiger partial charge in [-0.1, -0.05) is 36.9 Å². The summed E-state index contributed by atoms with van der Waals surface area (Å²) in [5.41, 5.74) is 2.80. The molecule has 0 aliphatic rings. The summed E-state index contributed by atoms with van der Waals surface area (Å²) >= 11 is 1.44. The molecule has 6 heteroatoms. The Balaban J connectivity index is 1.74. The SMILES string of the molecule is CCC(Sc1cc(C)c2ccccc2n1)C(=O)Nc1ccc(C(=O)O)cc1. The van der Waals surface area contributed by atoms with E-state index in [1.165, 1.54) is 23.9 Å². The molecule has 1 amide bonds. The zero-order valence-corrected chi connectivity index (χ0v) is 15.9. The minimum Gasteiger partial charge on any atom is -0.478 e. The Morgan fingerprint density at radius 3 is 2.52 bits per heavy atom. The number of carboxylic acids is 1. The van der Waals surface area contributed by atoms with Crippen molar-refractivity contribution in [1.82, 2.24) is 4.98 Å². The largest absolute Gasteiger partial charge is 0.478 e. The van der Waals surface area contributed by atoms with Crippen molar-refractivity contribution in [2.24, 2.45) is 0 Å². The van der Waals surface area contributed by atoms with Crippen LogP contribution in [0.2, 0.25) is 0 Å². The molecule has 27 heavy (non-hydrogen) atoms. The molecule has 3 rings (SSSR count). The number of fused-ring (bicyclic) bond motifs is 1. The summed E-state index contributed by atoms with van der Waals surface area (Å²) in [7, 11) is 0. The maximum atomic E-state index is 12.6. The molecule has 138 valence electrons. The molecule has 0 radical (unpaired) electrons. The maximum absolute atomic E-state index is 12.6. The van der Waals surface area contributed by atoms with Gasteiger partial charge >= 0.3 is 5.97 Å². The zero-order valence-electron chi connectivity index (χ0n) is 15.1. The van der Waals surface area contributed by atoms with Crippen molar-refractivity contribution in [3.8, 4) is 0 Å². The predicted octanol–water partition coefficient (Wildman–Crippen LogP) is 4.75. The third-order valence-corrected chi connectivity index (χ3v) is 5.51. The van der Waals surface area contributed by atoms with Crippen molar-refractivity contribution in [2.75, 3.05) is 5.32 Å². The Labute approximate surface area is 161 Å². The van der Waals surface area contributed by atoms with Gasteiger partial charge in [0, 0.05) is 11.1 Å². The van der Waals surface area contributed by atoms with Crippen LogP contribution in [0.1, 0.15) is 29.3 Å². The summed E-state index contributed by atoms with van der Waals surface area (Å²) in [6.45, 7) is 4.00. The molecule has 1 aromatic heterocycles. The number of aromatic carboxylic acids is 1. The lowest BCUT2D eigenvalue weighted by atomic mass is 10.1. The van der Waals surface area contributed by atoms with E-state index in [2.05, 4.69) is 10.3 Å². The summed E-state index contributed by atoms with van der Waals surface area (Å²) in [6.07, 6.45) is 0.650. The Morgan fingerprint density at radius 1 is 1.15 bits per heavy atom. The number of benzene rings is 2. The molecule has 1 unspecified atom stereocenters. The average Bonchev–Trinajstić information content (AvgIpc) is 2.66. The molecule has 0 spiro atoms. The van der Waals surface area contributed by atoms with Crippen molar-refractivity contribution >= 4 is 40.2 Å². The van der Waals surface area contributed by atoms with Crippen molar-refractivity contribution in [3.05, 3.63) is 65.7 Å². The molecular formula is C21H20N2O3S. The number of rotatable bonds is 6. The average molecular weight is 380 g/mol. The summed E-state index contributed by atoms with van der Waals surface area (Å²) in [6, 6.07) is 16.1. The quantitative estimate of drug-likeness (QED) is 0.603. The predicted molar refractivity (Wildman–Crippen MR) is 108 cm³/mol. The number of amides is 1. The number of hydrogen-bond donors (Lipinski definition) is 2. The highest BCUT2D eigenvalue weighted by atomic mass is 32.2. The monoisotopic (exact) mass is 380 g/mol. The minimum absolute atomic E-state index is 0.127. The number of thioether (sulfide) groups is 1. The molecule has 5 nitrogen and oxygen atoms in total. The number of carbonyl (C=O) groups is 2. The molecule has 0 bridgehead atoms. The van der Waals surface area contributed by atoms with Gasteiger partial charge in [0.25, 0.3) is 0 Å². The van der Waals surface area contributed by atoms with Crippen LogP contribution in [0.15, 0.2) is 59.6 Å². The van der Waals surface area contributed by atoms with Gasteiger partial charge in [0.15, 0.2) is 0 Å². The molecule has 2 aromatic carbocycles. The highest BCUT2D eigenvalue weighted by Gasteiger charge is 2.19. The van der Waals surface area contributed by atoms with E-state index in [4.69, 9.17) is 5.11 Å². The third-order valence-electron chi connectivity index (χ3n) is 4.23. The number of nitrogens with one attached hydrogen (secondary N) is 1. The second-order valence-electron chi connectivity index (χ2n) is 6.18. The van der Waals surface area contributed by atoms with Gasteiger partial charge in [-0.15, -0.1) is 0 Å². The number of para-hydroxylation sites is 1. The van der Waals surface area contributed by atoms with Crippen LogP contribution in [0.3, 0.4) is 0 Å². The smallest absolute Gasteiger partial charge is 0.335 e. The first-order valence-electron chi connectivity index (χ1n) is 8.65. The van der Waals surface area contributed by atoms with E-state index in [0.717, 1.165) is 21.5 Å². The van der Waals surface area contributed by atoms with Crippen LogP contribution in [-0.2, 0) is 4.79 Å². The van der Waals surface area contributed by atoms with Crippen LogP contribution in [0.25, 0.3) is 10.9 Å². The summed E-state index contributed by atoms with van der Waals surface area (Å²) in [5, 5.41) is 13.4. The topological polar surface area (TPSA) is 79.3 Å². The molecule has 1 heterocycles. The second-order valence-corrected chi connectivity index (χ2v) is 7.40. The summed E-state index contributed by atoms with van der Waals surface area (Å²) in [5.74, 6) is -1.12. The summed E-state index contributed by atoms with van der Waals surface area (Å²) in [4.78, 5) is 28.2. The number of pyridine rings is 1. The van der Waals surface area contributed by atoms with Gasteiger partial charge in [-0.05, 0) is 55.3 Å². The lowest BCUT2D eigenvalue weighted by Gasteiger charge is -2.15. The van der Waals surface area contributed by atoms with Crippen LogP contribution in [0.5, 0.6) is 0 Å². The number of carbonyl (C=O) groups excluding carboxylic acids is 1. The molecule has 2 N–H and O–H groups in total. The zero-order chi connectivity index (χ0) is 19.4. The van der Waals surface area contributed by atoms with Crippen LogP contribution in [0.4, 0.5) is 5.69 Å². The number of anilines is 1. The molecule has 0 saturated heterocycles. The lowest BCUT2D eigenvalue weighted by Crippen LogP contribution is -2.24. The van der Waals surface area contributed by atoms with E-state index < -0.39 is 5.97 Å². The van der Waals surface area contributed by atoms with Crippen molar-refractivity contribution < 1.29 is 14.7 Å². The first kappa shape index (κ1) is 18.9. The Hall–Kier alpha value is -2.86. The fourth-order valence-electron chi connectivity index (χ4n) is 2.77. The molecule has 0 aliphatic carbocycles. The van der Waals surface area contributed by atoms with Gasteiger partial charge in [0.05, 0.1) is 21.4 Å². The summed E-state index contributed by atoms with van der Waals surface area (Å²) < 4.78 is 0. The standard InChI is InChI=1S/C21H20N2O3S/c1-3-18(20(24)22-15-10-8-14(9-11-15)21(25)26)27-19-12-13(2)16-6-4-5-7-17(16)23-19/h4-12,18H,3H2,1-2H3,(H,22,24)(H,25,26). The van der Waals surface area contributed by atoms with Crippen LogP contribution < -0.4 is 5.32 Å². The number of aryl methyl sites for hydroxylation is 1. The van der Waals surface area contributed by atoms with Crippen LogP contribution in [-0.4, -0.2) is 27.2 Å². The van der Waals surface area contributed by atoms with E-state index in [9.17, 15) is 9.59 Å². The first-order valence-corrected chi connectivity index (χ1v) is 9.53. The van der Waals surface area contributed by atoms with Gasteiger partial charge in [-0.3, -0.25) is 4.79 Å². The van der Waals surface area contributed by atoms with E-state index in [-0.39, 0.29) is 16.7 Å². The molecule has 0 saturated carbocycles. The van der Waals surface area contributed by atoms with Gasteiger partial charge in [-0.25, -0.2) is 9.78 Å². The molecule has 3 aromatic rings. The van der Waals surface area contributed by atoms with E-state index in [1.54, 1.807) is 12.1 Å². The highest BCUT2D eigenvalue weighted by Crippen LogP contribution is 2.28. The molecule has 1 atom stereocenters. The van der Waals surface area contributed by atoms with Gasteiger partial charge in [0.2, 0.25) is 5.91 Å². The fourth-order valence-corrected chi connectivity index (χ4v) is 3.79. The van der Waals surface area contributed by atoms with Gasteiger partial charge < -0.3 is 10.4 Å². The van der Waals surface area contributed by atoms with Crippen molar-refractivity contribution in [1.29, 1.82) is 0 Å². The molecular weight excluding hydrogens is 360 g/mol. The Morgan fingerprint density at radius 2 is 1.85 bits per heavy atom. The number of nitrogens with zero attached hydrogens (tertiary/aromatic N) is 1. The van der Waals surface area contributed by atoms with Crippen LogP contribution in [0, 0.1) is 6.92 Å². The van der Waals surface area contributed by atoms with Crippen molar-refractivity contribution in [2.45, 2.75) is 30.5 Å². The Bertz CT molecular complexity index is 986. The third kappa shape index (κ3) is 4.46. The number of hydrogen-bond acceptors (Lipinski definition) is 4. The van der Waals surface area contributed by atoms with Crippen LogP contribution >= 0.6 is 11.8 Å². The number of carboxylic acid groups (broad SMARTS) is 1. The second kappa shape index (κ2) is 8.22. The normalized spacial score (nSPS) is 11.9. The molecule has 0 aliphatic heterocycles. The lowest BCUT2D eigenvalue weighted by molar-refractivity contribution is -0.115. The fraction of sp³-hybridized carbons (Fsp3) is 0.190. The highest BCUT2D eigenvalue weighted by molar-refractivity contribution is 8.00. The van der Waals surface area contributed by atoms with E-state index in [0.29, 0.717) is 12.1 Å². The van der Waals surface area contributed by atoms with Crippen molar-refractivity contribution in [3.63, 3.8) is 0 Å². The Kier molecular flexibility index (Phi) is 5.76. The van der Waals surface area contributed by atoms with E-state index >= 15 is 0 Å². The number of aromatic nitrogens is 1. The minimum atomic E-state index is -0.993. The first-order chi connectivity index (χ1) is 13.0.